The maximum absolute atomic E-state index is 12.4. The molecular formula is C14H16Cl2N2O2. The Bertz CT molecular complexity index is 562. The molecule has 1 atom stereocenters. The van der Waals surface area contributed by atoms with Gasteiger partial charge in [-0.15, -0.1) is 0 Å². The Balaban J connectivity index is 2.21. The van der Waals surface area contributed by atoms with Crippen LogP contribution in [0.2, 0.25) is 10.0 Å². The highest BCUT2D eigenvalue weighted by atomic mass is 35.5. The minimum absolute atomic E-state index is 0.0642. The third kappa shape index (κ3) is 2.91. The molecule has 1 heterocycles. The summed E-state index contributed by atoms with van der Waals surface area (Å²) in [5.41, 5.74) is 0.0202. The van der Waals surface area contributed by atoms with E-state index in [0.29, 0.717) is 23.0 Å². The number of piperazine rings is 1. The SMILES string of the molecule is CCC1(C)NC(=O)CN(Cc2ccc(Cl)c(Cl)c2)C1=O. The lowest BCUT2D eigenvalue weighted by atomic mass is 9.94. The minimum atomic E-state index is -0.828. The second-order valence-corrected chi connectivity index (χ2v) is 5.96. The molecule has 4 nitrogen and oxygen atoms in total. The van der Waals surface area contributed by atoms with Gasteiger partial charge in [0.1, 0.15) is 5.54 Å². The zero-order valence-electron chi connectivity index (χ0n) is 11.4. The first kappa shape index (κ1) is 15.1. The number of rotatable bonds is 3. The molecule has 108 valence electrons. The third-order valence-corrected chi connectivity index (χ3v) is 4.31. The van der Waals surface area contributed by atoms with Crippen LogP contribution in [0.25, 0.3) is 0 Å². The molecule has 2 rings (SSSR count). The molecule has 1 fully saturated rings. The smallest absolute Gasteiger partial charge is 0.248 e. The Labute approximate surface area is 128 Å². The van der Waals surface area contributed by atoms with Gasteiger partial charge in [0.25, 0.3) is 0 Å². The molecule has 2 amide bonds. The van der Waals surface area contributed by atoms with Crippen LogP contribution in [0.3, 0.4) is 0 Å². The number of amides is 2. The summed E-state index contributed by atoms with van der Waals surface area (Å²) in [6.07, 6.45) is 0.551. The molecule has 1 aromatic rings. The number of hydrogen-bond acceptors (Lipinski definition) is 2. The van der Waals surface area contributed by atoms with Gasteiger partial charge < -0.3 is 10.2 Å². The number of halogens is 2. The van der Waals surface area contributed by atoms with E-state index < -0.39 is 5.54 Å². The summed E-state index contributed by atoms with van der Waals surface area (Å²) in [4.78, 5) is 25.7. The quantitative estimate of drug-likeness (QED) is 0.932. The van der Waals surface area contributed by atoms with E-state index in [1.165, 1.54) is 0 Å². The molecule has 1 saturated heterocycles. The van der Waals surface area contributed by atoms with Gasteiger partial charge in [-0.3, -0.25) is 9.59 Å². The molecule has 0 radical (unpaired) electrons. The van der Waals surface area contributed by atoms with E-state index >= 15 is 0 Å². The summed E-state index contributed by atoms with van der Waals surface area (Å²) < 4.78 is 0. The maximum atomic E-state index is 12.4. The fourth-order valence-electron chi connectivity index (χ4n) is 2.22. The van der Waals surface area contributed by atoms with Crippen LogP contribution in [0, 0.1) is 0 Å². The highest BCUT2D eigenvalue weighted by Gasteiger charge is 2.41. The molecular weight excluding hydrogens is 299 g/mol. The van der Waals surface area contributed by atoms with E-state index in [1.54, 1.807) is 30.0 Å². The summed E-state index contributed by atoms with van der Waals surface area (Å²) in [6, 6.07) is 5.21. The van der Waals surface area contributed by atoms with Crippen LogP contribution in [-0.2, 0) is 16.1 Å². The van der Waals surface area contributed by atoms with Crippen LogP contribution in [0.4, 0.5) is 0 Å². The molecule has 0 saturated carbocycles. The summed E-state index contributed by atoms with van der Waals surface area (Å²) in [6.45, 7) is 4.03. The van der Waals surface area contributed by atoms with Crippen molar-refractivity contribution >= 4 is 35.0 Å². The molecule has 0 aromatic heterocycles. The molecule has 0 bridgehead atoms. The van der Waals surface area contributed by atoms with Crippen molar-refractivity contribution in [3.63, 3.8) is 0 Å². The lowest BCUT2D eigenvalue weighted by Gasteiger charge is -2.39. The standard InChI is InChI=1S/C14H16Cl2N2O2/c1-3-14(2)13(20)18(8-12(19)17-14)7-9-4-5-10(15)11(16)6-9/h4-6H,3,7-8H2,1-2H3,(H,17,19). The highest BCUT2D eigenvalue weighted by molar-refractivity contribution is 6.42. The zero-order chi connectivity index (χ0) is 14.9. The van der Waals surface area contributed by atoms with Gasteiger partial charge in [0.05, 0.1) is 16.6 Å². The van der Waals surface area contributed by atoms with Crippen molar-refractivity contribution < 1.29 is 9.59 Å². The molecule has 1 aliphatic rings. The number of carbonyl (C=O) groups is 2. The van der Waals surface area contributed by atoms with Gasteiger partial charge in [-0.2, -0.15) is 0 Å². The van der Waals surface area contributed by atoms with E-state index in [2.05, 4.69) is 5.32 Å². The maximum Gasteiger partial charge on any atom is 0.248 e. The second kappa shape index (κ2) is 5.62. The third-order valence-electron chi connectivity index (χ3n) is 3.57. The van der Waals surface area contributed by atoms with Gasteiger partial charge in [0.2, 0.25) is 11.8 Å². The molecule has 6 heteroatoms. The molecule has 1 aliphatic heterocycles. The average molecular weight is 315 g/mol. The molecule has 0 aliphatic carbocycles. The number of hydrogen-bond donors (Lipinski definition) is 1. The lowest BCUT2D eigenvalue weighted by Crippen LogP contribution is -2.64. The first-order valence-corrected chi connectivity index (χ1v) is 7.15. The minimum Gasteiger partial charge on any atom is -0.340 e. The van der Waals surface area contributed by atoms with Crippen LogP contribution in [-0.4, -0.2) is 28.8 Å². The van der Waals surface area contributed by atoms with Crippen molar-refractivity contribution in [2.75, 3.05) is 6.54 Å². The normalized spacial score (nSPS) is 22.9. The van der Waals surface area contributed by atoms with E-state index in [-0.39, 0.29) is 18.4 Å². The van der Waals surface area contributed by atoms with E-state index in [1.807, 2.05) is 6.92 Å². The first-order chi connectivity index (χ1) is 9.35. The van der Waals surface area contributed by atoms with Crippen molar-refractivity contribution in [3.8, 4) is 0 Å². The van der Waals surface area contributed by atoms with Crippen LogP contribution in [0.1, 0.15) is 25.8 Å². The summed E-state index contributed by atoms with van der Waals surface area (Å²) in [5, 5.41) is 3.66. The van der Waals surface area contributed by atoms with Gasteiger partial charge in [-0.25, -0.2) is 0 Å². The van der Waals surface area contributed by atoms with Crippen LogP contribution in [0.15, 0.2) is 18.2 Å². The topological polar surface area (TPSA) is 49.4 Å². The van der Waals surface area contributed by atoms with Crippen LogP contribution >= 0.6 is 23.2 Å². The van der Waals surface area contributed by atoms with Crippen molar-refractivity contribution in [2.45, 2.75) is 32.4 Å². The van der Waals surface area contributed by atoms with Crippen LogP contribution in [0.5, 0.6) is 0 Å². The van der Waals surface area contributed by atoms with Crippen molar-refractivity contribution in [3.05, 3.63) is 33.8 Å². The number of nitrogens with one attached hydrogen (secondary N) is 1. The number of carbonyl (C=O) groups excluding carboxylic acids is 2. The van der Waals surface area contributed by atoms with Gasteiger partial charge in [-0.05, 0) is 31.0 Å². The Hall–Kier alpha value is -1.26. The monoisotopic (exact) mass is 314 g/mol. The van der Waals surface area contributed by atoms with Crippen molar-refractivity contribution in [2.24, 2.45) is 0 Å². The summed E-state index contributed by atoms with van der Waals surface area (Å²) >= 11 is 11.8. The lowest BCUT2D eigenvalue weighted by molar-refractivity contribution is -0.149. The Kier molecular flexibility index (Phi) is 4.25. The molecule has 0 spiro atoms. The summed E-state index contributed by atoms with van der Waals surface area (Å²) in [5.74, 6) is -0.223. The van der Waals surface area contributed by atoms with Crippen molar-refractivity contribution in [1.82, 2.24) is 10.2 Å². The van der Waals surface area contributed by atoms with E-state index in [9.17, 15) is 9.59 Å². The fraction of sp³-hybridized carbons (Fsp3) is 0.429. The van der Waals surface area contributed by atoms with Gasteiger partial charge in [-0.1, -0.05) is 36.2 Å². The van der Waals surface area contributed by atoms with E-state index in [4.69, 9.17) is 23.2 Å². The van der Waals surface area contributed by atoms with Gasteiger partial charge in [0.15, 0.2) is 0 Å². The Morgan fingerprint density at radius 2 is 2.00 bits per heavy atom. The first-order valence-electron chi connectivity index (χ1n) is 6.40. The number of nitrogens with zero attached hydrogens (tertiary/aromatic N) is 1. The molecule has 1 unspecified atom stereocenters. The van der Waals surface area contributed by atoms with Crippen molar-refractivity contribution in [1.29, 1.82) is 0 Å². The fourth-order valence-corrected chi connectivity index (χ4v) is 2.54. The Morgan fingerprint density at radius 1 is 1.30 bits per heavy atom. The highest BCUT2D eigenvalue weighted by Crippen LogP contribution is 2.25. The summed E-state index contributed by atoms with van der Waals surface area (Å²) in [7, 11) is 0. The molecule has 1 aromatic carbocycles. The van der Waals surface area contributed by atoms with Crippen LogP contribution < -0.4 is 5.32 Å². The van der Waals surface area contributed by atoms with E-state index in [0.717, 1.165) is 5.56 Å². The largest absolute Gasteiger partial charge is 0.340 e. The predicted octanol–water partition coefficient (Wildman–Crippen LogP) is 2.62. The zero-order valence-corrected chi connectivity index (χ0v) is 12.9. The second-order valence-electron chi connectivity index (χ2n) is 5.14. The predicted molar refractivity (Wildman–Crippen MR) is 78.7 cm³/mol. The molecule has 1 N–H and O–H groups in total. The molecule has 20 heavy (non-hydrogen) atoms. The Morgan fingerprint density at radius 3 is 2.60 bits per heavy atom. The average Bonchev–Trinajstić information content (AvgIpc) is 2.40. The van der Waals surface area contributed by atoms with Gasteiger partial charge >= 0.3 is 0 Å². The van der Waals surface area contributed by atoms with Gasteiger partial charge in [0, 0.05) is 6.54 Å². The number of benzene rings is 1.